The maximum absolute atomic E-state index is 9.42. The molecule has 3 aromatic rings. The number of aromatic nitrogens is 3. The number of nitrogens with zero attached hydrogens (tertiary/aromatic N) is 6. The number of fused-ring (bicyclic) bond motifs is 2. The molecule has 4 heterocycles. The maximum Gasteiger partial charge on any atom is 0.148 e. The number of anilines is 2. The number of piperidine rings is 1. The summed E-state index contributed by atoms with van der Waals surface area (Å²) in [6.07, 6.45) is 5.96. The molecule has 2 saturated heterocycles. The van der Waals surface area contributed by atoms with Gasteiger partial charge in [0.05, 0.1) is 28.8 Å². The van der Waals surface area contributed by atoms with E-state index in [2.05, 4.69) is 25.8 Å². The van der Waals surface area contributed by atoms with Crippen LogP contribution in [0.1, 0.15) is 18.4 Å². The lowest BCUT2D eigenvalue weighted by Crippen LogP contribution is -2.49. The van der Waals surface area contributed by atoms with Crippen LogP contribution in [0.15, 0.2) is 48.8 Å². The van der Waals surface area contributed by atoms with Gasteiger partial charge in [-0.05, 0) is 43.0 Å². The van der Waals surface area contributed by atoms with Gasteiger partial charge in [0.15, 0.2) is 0 Å². The van der Waals surface area contributed by atoms with Crippen LogP contribution < -0.4 is 9.80 Å². The molecule has 6 heteroatoms. The molecule has 0 spiro atoms. The van der Waals surface area contributed by atoms with Crippen molar-refractivity contribution in [2.45, 2.75) is 18.9 Å². The zero-order chi connectivity index (χ0) is 18.2. The van der Waals surface area contributed by atoms with Crippen LogP contribution in [-0.4, -0.2) is 40.6 Å². The lowest BCUT2D eigenvalue weighted by atomic mass is 9.92. The second kappa shape index (κ2) is 6.51. The molecule has 134 valence electrons. The van der Waals surface area contributed by atoms with E-state index >= 15 is 0 Å². The van der Waals surface area contributed by atoms with Crippen molar-refractivity contribution in [3.63, 3.8) is 0 Å². The fourth-order valence-electron chi connectivity index (χ4n) is 4.44. The number of hydrogen-bond donors (Lipinski definition) is 0. The van der Waals surface area contributed by atoms with E-state index in [9.17, 15) is 5.26 Å². The molecule has 2 aliphatic rings. The summed E-state index contributed by atoms with van der Waals surface area (Å²) in [6, 6.07) is 14.3. The van der Waals surface area contributed by atoms with Crippen LogP contribution in [0.2, 0.25) is 0 Å². The first-order valence-corrected chi connectivity index (χ1v) is 9.42. The average molecular weight is 356 g/mol. The van der Waals surface area contributed by atoms with Crippen molar-refractivity contribution in [3.05, 3.63) is 54.4 Å². The summed E-state index contributed by atoms with van der Waals surface area (Å²) in [5, 5.41) is 9.42. The molecule has 2 unspecified atom stereocenters. The summed E-state index contributed by atoms with van der Waals surface area (Å²) in [5.41, 5.74) is 2.50. The van der Waals surface area contributed by atoms with E-state index in [0.29, 0.717) is 17.5 Å². The third-order valence-corrected chi connectivity index (χ3v) is 5.80. The van der Waals surface area contributed by atoms with Crippen LogP contribution in [-0.2, 0) is 0 Å². The number of rotatable bonds is 2. The van der Waals surface area contributed by atoms with Crippen LogP contribution in [0.3, 0.4) is 0 Å². The number of hydrogen-bond acceptors (Lipinski definition) is 6. The second-order valence-electron chi connectivity index (χ2n) is 7.25. The molecule has 2 aliphatic heterocycles. The van der Waals surface area contributed by atoms with E-state index in [1.54, 1.807) is 6.20 Å². The van der Waals surface area contributed by atoms with Gasteiger partial charge in [0.2, 0.25) is 0 Å². The highest BCUT2D eigenvalue weighted by Gasteiger charge is 2.39. The molecule has 2 atom stereocenters. The minimum absolute atomic E-state index is 0.378. The van der Waals surface area contributed by atoms with Crippen molar-refractivity contribution in [2.24, 2.45) is 5.92 Å². The van der Waals surface area contributed by atoms with Gasteiger partial charge in [-0.15, -0.1) is 0 Å². The summed E-state index contributed by atoms with van der Waals surface area (Å²) in [6.45, 7) is 2.82. The Hall–Kier alpha value is -3.20. The van der Waals surface area contributed by atoms with Crippen molar-refractivity contribution in [3.8, 4) is 6.07 Å². The molecule has 1 aromatic carbocycles. The molecule has 27 heavy (non-hydrogen) atoms. The Morgan fingerprint density at radius 1 is 1.00 bits per heavy atom. The third kappa shape index (κ3) is 2.76. The fraction of sp³-hybridized carbons (Fsp3) is 0.333. The fourth-order valence-corrected chi connectivity index (χ4v) is 4.44. The molecule has 0 N–H and O–H groups in total. The van der Waals surface area contributed by atoms with E-state index in [4.69, 9.17) is 4.98 Å². The molecule has 0 aliphatic carbocycles. The minimum atomic E-state index is 0.378. The molecule has 2 aromatic heterocycles. The first-order chi connectivity index (χ1) is 13.3. The second-order valence-corrected chi connectivity index (χ2v) is 7.25. The van der Waals surface area contributed by atoms with E-state index in [-0.39, 0.29) is 0 Å². The monoisotopic (exact) mass is 356 g/mol. The minimum Gasteiger partial charge on any atom is -0.353 e. The summed E-state index contributed by atoms with van der Waals surface area (Å²) in [4.78, 5) is 18.6. The van der Waals surface area contributed by atoms with Crippen LogP contribution in [0, 0.1) is 17.2 Å². The zero-order valence-corrected chi connectivity index (χ0v) is 15.0. The third-order valence-electron chi connectivity index (χ3n) is 5.80. The highest BCUT2D eigenvalue weighted by atomic mass is 15.3. The van der Waals surface area contributed by atoms with E-state index in [0.717, 1.165) is 48.7 Å². The summed E-state index contributed by atoms with van der Waals surface area (Å²) >= 11 is 0. The van der Waals surface area contributed by atoms with Crippen LogP contribution in [0.4, 0.5) is 11.6 Å². The SMILES string of the molecule is N#Cc1cccnc1N1CCC2CCN(c3cnc4ccccc4n3)C2C1. The highest BCUT2D eigenvalue weighted by molar-refractivity contribution is 5.75. The van der Waals surface area contributed by atoms with Crippen molar-refractivity contribution >= 4 is 22.7 Å². The first-order valence-electron chi connectivity index (χ1n) is 9.42. The van der Waals surface area contributed by atoms with Crippen LogP contribution in [0.25, 0.3) is 11.0 Å². The van der Waals surface area contributed by atoms with Gasteiger partial charge in [0, 0.05) is 25.8 Å². The Kier molecular flexibility index (Phi) is 3.86. The Bertz CT molecular complexity index is 1030. The Labute approximate surface area is 158 Å². The number of para-hydroxylation sites is 2. The van der Waals surface area contributed by atoms with Gasteiger partial charge in [-0.3, -0.25) is 4.98 Å². The predicted molar refractivity (Wildman–Crippen MR) is 105 cm³/mol. The van der Waals surface area contributed by atoms with Gasteiger partial charge < -0.3 is 9.80 Å². The number of nitriles is 1. The lowest BCUT2D eigenvalue weighted by Gasteiger charge is -2.39. The largest absolute Gasteiger partial charge is 0.353 e. The normalized spacial score (nSPS) is 21.9. The molecule has 2 fully saturated rings. The van der Waals surface area contributed by atoms with Gasteiger partial charge in [-0.1, -0.05) is 12.1 Å². The van der Waals surface area contributed by atoms with Crippen LogP contribution >= 0.6 is 0 Å². The Morgan fingerprint density at radius 3 is 2.74 bits per heavy atom. The standard InChI is InChI=1S/C21H20N6/c22-12-16-4-3-9-23-21(16)26-10-7-15-8-11-27(19(15)14-26)20-13-24-17-5-1-2-6-18(17)25-20/h1-6,9,13,15,19H,7-8,10-11,14H2. The molecular formula is C21H20N6. The lowest BCUT2D eigenvalue weighted by molar-refractivity contribution is 0.388. The van der Waals surface area contributed by atoms with Crippen molar-refractivity contribution in [1.29, 1.82) is 5.26 Å². The predicted octanol–water partition coefficient (Wildman–Crippen LogP) is 3.00. The summed E-state index contributed by atoms with van der Waals surface area (Å²) < 4.78 is 0. The molecule has 0 radical (unpaired) electrons. The highest BCUT2D eigenvalue weighted by Crippen LogP contribution is 2.36. The summed E-state index contributed by atoms with van der Waals surface area (Å²) in [7, 11) is 0. The van der Waals surface area contributed by atoms with E-state index < -0.39 is 0 Å². The van der Waals surface area contributed by atoms with Gasteiger partial charge in [0.1, 0.15) is 17.7 Å². The van der Waals surface area contributed by atoms with Crippen molar-refractivity contribution in [2.75, 3.05) is 29.4 Å². The number of pyridine rings is 1. The Morgan fingerprint density at radius 2 is 1.85 bits per heavy atom. The summed E-state index contributed by atoms with van der Waals surface area (Å²) in [5.74, 6) is 2.41. The van der Waals surface area contributed by atoms with Crippen molar-refractivity contribution in [1.82, 2.24) is 15.0 Å². The topological polar surface area (TPSA) is 68.9 Å². The van der Waals surface area contributed by atoms with Crippen LogP contribution in [0.5, 0.6) is 0 Å². The average Bonchev–Trinajstić information content (AvgIpc) is 3.16. The maximum atomic E-state index is 9.42. The molecule has 0 bridgehead atoms. The van der Waals surface area contributed by atoms with Crippen molar-refractivity contribution < 1.29 is 0 Å². The smallest absolute Gasteiger partial charge is 0.148 e. The molecule has 0 amide bonds. The zero-order valence-electron chi connectivity index (χ0n) is 15.0. The molecule has 0 saturated carbocycles. The van der Waals surface area contributed by atoms with E-state index in [1.807, 2.05) is 42.6 Å². The van der Waals surface area contributed by atoms with Gasteiger partial charge in [0.25, 0.3) is 0 Å². The molecule has 5 rings (SSSR count). The van der Waals surface area contributed by atoms with Gasteiger partial charge in [-0.25, -0.2) is 9.97 Å². The number of benzene rings is 1. The van der Waals surface area contributed by atoms with E-state index in [1.165, 1.54) is 6.42 Å². The molecular weight excluding hydrogens is 336 g/mol. The first kappa shape index (κ1) is 16.0. The van der Waals surface area contributed by atoms with Gasteiger partial charge in [-0.2, -0.15) is 5.26 Å². The van der Waals surface area contributed by atoms with Gasteiger partial charge >= 0.3 is 0 Å². The quantitative estimate of drug-likeness (QED) is 0.703. The molecule has 6 nitrogen and oxygen atoms in total. The Balaban J connectivity index is 1.45.